The van der Waals surface area contributed by atoms with Gasteiger partial charge in [0, 0.05) is 11.6 Å². The molecule has 1 aromatic carbocycles. The molecule has 19 heavy (non-hydrogen) atoms. The van der Waals surface area contributed by atoms with Crippen LogP contribution in [0.3, 0.4) is 0 Å². The third-order valence-corrected chi connectivity index (χ3v) is 2.34. The van der Waals surface area contributed by atoms with Gasteiger partial charge in [-0.25, -0.2) is 13.2 Å². The molecule has 0 saturated carbocycles. The van der Waals surface area contributed by atoms with Gasteiger partial charge >= 0.3 is 0 Å². The summed E-state index contributed by atoms with van der Waals surface area (Å²) in [5.41, 5.74) is -1.95. The Kier molecular flexibility index (Phi) is 4.17. The van der Waals surface area contributed by atoms with Gasteiger partial charge in [0.25, 0.3) is 5.91 Å². The molecule has 0 aliphatic carbocycles. The molecule has 0 radical (unpaired) electrons. The second-order valence-electron chi connectivity index (χ2n) is 3.69. The SMILES string of the molecule is CC(O)=C(C#N)C(=O)Nc1cc(F)c(C)c(F)c1F. The molecule has 0 spiro atoms. The van der Waals surface area contributed by atoms with E-state index in [4.69, 9.17) is 10.4 Å². The maximum atomic E-state index is 13.5. The standard InChI is InChI=1S/C12H9F3N2O2/c1-5-8(13)3-9(11(15)10(5)14)17-12(19)7(4-16)6(2)18/h3,18H,1-2H3,(H,17,19). The number of anilines is 1. The number of amides is 1. The molecule has 0 atom stereocenters. The maximum Gasteiger partial charge on any atom is 0.269 e. The highest BCUT2D eigenvalue weighted by atomic mass is 19.2. The third kappa shape index (κ3) is 2.85. The molecular weight excluding hydrogens is 261 g/mol. The van der Waals surface area contributed by atoms with Crippen molar-refractivity contribution in [3.8, 4) is 6.07 Å². The van der Waals surface area contributed by atoms with E-state index in [1.165, 1.54) is 6.07 Å². The predicted molar refractivity (Wildman–Crippen MR) is 60.6 cm³/mol. The number of carbonyl (C=O) groups excluding carboxylic acids is 1. The number of aliphatic hydroxyl groups excluding tert-OH is 1. The summed E-state index contributed by atoms with van der Waals surface area (Å²) in [6.45, 7) is 2.11. The Morgan fingerprint density at radius 3 is 2.42 bits per heavy atom. The van der Waals surface area contributed by atoms with E-state index >= 15 is 0 Å². The average Bonchev–Trinajstić information content (AvgIpc) is 2.33. The van der Waals surface area contributed by atoms with Crippen LogP contribution >= 0.6 is 0 Å². The molecule has 4 nitrogen and oxygen atoms in total. The summed E-state index contributed by atoms with van der Waals surface area (Å²) in [5.74, 6) is -5.67. The molecule has 2 N–H and O–H groups in total. The normalized spacial score (nSPS) is 11.6. The second-order valence-corrected chi connectivity index (χ2v) is 3.69. The van der Waals surface area contributed by atoms with Crippen LogP contribution in [0.25, 0.3) is 0 Å². The van der Waals surface area contributed by atoms with Crippen LogP contribution in [0.5, 0.6) is 0 Å². The minimum atomic E-state index is -1.44. The number of nitrogens with one attached hydrogen (secondary N) is 1. The van der Waals surface area contributed by atoms with Gasteiger partial charge in [0.15, 0.2) is 17.2 Å². The highest BCUT2D eigenvalue weighted by Gasteiger charge is 2.19. The fourth-order valence-electron chi connectivity index (χ4n) is 1.26. The predicted octanol–water partition coefficient (Wildman–Crippen LogP) is 2.71. The Morgan fingerprint density at radius 2 is 1.95 bits per heavy atom. The number of rotatable bonds is 2. The summed E-state index contributed by atoms with van der Waals surface area (Å²) >= 11 is 0. The summed E-state index contributed by atoms with van der Waals surface area (Å²) in [6, 6.07) is 1.98. The van der Waals surface area contributed by atoms with Crippen LogP contribution < -0.4 is 5.32 Å². The zero-order valence-corrected chi connectivity index (χ0v) is 10.0. The van der Waals surface area contributed by atoms with E-state index in [0.29, 0.717) is 6.07 Å². The molecule has 0 bridgehead atoms. The van der Waals surface area contributed by atoms with E-state index < -0.39 is 45.9 Å². The number of aliphatic hydroxyl groups is 1. The Balaban J connectivity index is 3.19. The first-order valence-electron chi connectivity index (χ1n) is 5.05. The summed E-state index contributed by atoms with van der Waals surface area (Å²) in [5, 5.41) is 19.5. The number of hydrogen-bond acceptors (Lipinski definition) is 3. The monoisotopic (exact) mass is 270 g/mol. The topological polar surface area (TPSA) is 73.1 Å². The van der Waals surface area contributed by atoms with Gasteiger partial charge in [-0.3, -0.25) is 4.79 Å². The first-order valence-corrected chi connectivity index (χ1v) is 5.05. The lowest BCUT2D eigenvalue weighted by Gasteiger charge is -2.09. The van der Waals surface area contributed by atoms with Crippen molar-refractivity contribution in [2.75, 3.05) is 5.32 Å². The maximum absolute atomic E-state index is 13.5. The van der Waals surface area contributed by atoms with E-state index in [-0.39, 0.29) is 0 Å². The van der Waals surface area contributed by atoms with Gasteiger partial charge in [-0.1, -0.05) is 0 Å². The Morgan fingerprint density at radius 1 is 1.37 bits per heavy atom. The number of halogens is 3. The van der Waals surface area contributed by atoms with E-state index in [9.17, 15) is 18.0 Å². The number of nitriles is 1. The van der Waals surface area contributed by atoms with E-state index in [2.05, 4.69) is 0 Å². The van der Waals surface area contributed by atoms with Crippen molar-refractivity contribution in [1.82, 2.24) is 0 Å². The van der Waals surface area contributed by atoms with Gasteiger partial charge in [-0.05, 0) is 13.8 Å². The van der Waals surface area contributed by atoms with Crippen molar-refractivity contribution in [2.45, 2.75) is 13.8 Å². The van der Waals surface area contributed by atoms with Crippen molar-refractivity contribution in [1.29, 1.82) is 5.26 Å². The van der Waals surface area contributed by atoms with Gasteiger partial charge in [0.05, 0.1) is 5.69 Å². The van der Waals surface area contributed by atoms with Gasteiger partial charge in [-0.15, -0.1) is 0 Å². The second kappa shape index (κ2) is 5.44. The van der Waals surface area contributed by atoms with E-state index in [1.54, 1.807) is 0 Å². The molecule has 0 fully saturated rings. The van der Waals surface area contributed by atoms with E-state index in [1.807, 2.05) is 5.32 Å². The molecule has 0 aliphatic heterocycles. The molecule has 0 unspecified atom stereocenters. The van der Waals surface area contributed by atoms with Crippen LogP contribution in [0.2, 0.25) is 0 Å². The molecular formula is C12H9F3N2O2. The molecule has 0 aliphatic rings. The summed E-state index contributed by atoms with van der Waals surface area (Å²) in [6.07, 6.45) is 0. The number of nitrogens with zero attached hydrogens (tertiary/aromatic N) is 1. The minimum Gasteiger partial charge on any atom is -0.511 e. The number of allylic oxidation sites excluding steroid dienone is 1. The van der Waals surface area contributed by atoms with Crippen molar-refractivity contribution in [3.63, 3.8) is 0 Å². The zero-order valence-electron chi connectivity index (χ0n) is 10.0. The first kappa shape index (κ1) is 14.6. The number of carbonyl (C=O) groups is 1. The Labute approximate surface area is 106 Å². The fraction of sp³-hybridized carbons (Fsp3) is 0.167. The highest BCUT2D eigenvalue weighted by Crippen LogP contribution is 2.23. The van der Waals surface area contributed by atoms with Crippen molar-refractivity contribution < 1.29 is 23.1 Å². The summed E-state index contributed by atoms with van der Waals surface area (Å²) < 4.78 is 39.9. The average molecular weight is 270 g/mol. The Hall–Kier alpha value is -2.49. The van der Waals surface area contributed by atoms with Crippen LogP contribution in [0.1, 0.15) is 12.5 Å². The van der Waals surface area contributed by atoms with Gasteiger partial charge in [0.2, 0.25) is 0 Å². The fourth-order valence-corrected chi connectivity index (χ4v) is 1.26. The summed E-state index contributed by atoms with van der Waals surface area (Å²) in [4.78, 5) is 11.5. The van der Waals surface area contributed by atoms with Gasteiger partial charge in [-0.2, -0.15) is 5.26 Å². The first-order chi connectivity index (χ1) is 8.79. The van der Waals surface area contributed by atoms with Crippen LogP contribution in [0, 0.1) is 35.7 Å². The van der Waals surface area contributed by atoms with Crippen LogP contribution in [-0.4, -0.2) is 11.0 Å². The van der Waals surface area contributed by atoms with Crippen LogP contribution in [0.15, 0.2) is 17.4 Å². The lowest BCUT2D eigenvalue weighted by atomic mass is 10.1. The molecule has 0 saturated heterocycles. The Bertz CT molecular complexity index is 614. The van der Waals surface area contributed by atoms with E-state index in [0.717, 1.165) is 13.8 Å². The zero-order chi connectivity index (χ0) is 14.7. The van der Waals surface area contributed by atoms with Crippen molar-refractivity contribution >= 4 is 11.6 Å². The lowest BCUT2D eigenvalue weighted by molar-refractivity contribution is -0.112. The molecule has 0 heterocycles. The smallest absolute Gasteiger partial charge is 0.269 e. The van der Waals surface area contributed by atoms with Gasteiger partial charge < -0.3 is 10.4 Å². The number of benzene rings is 1. The molecule has 100 valence electrons. The minimum absolute atomic E-state index is 0.523. The third-order valence-electron chi connectivity index (χ3n) is 2.34. The van der Waals surface area contributed by atoms with Gasteiger partial charge in [0.1, 0.15) is 17.6 Å². The highest BCUT2D eigenvalue weighted by molar-refractivity contribution is 6.06. The quantitative estimate of drug-likeness (QED) is 0.375. The lowest BCUT2D eigenvalue weighted by Crippen LogP contribution is -2.17. The molecule has 1 rings (SSSR count). The van der Waals surface area contributed by atoms with Crippen LogP contribution in [-0.2, 0) is 4.79 Å². The molecule has 1 aromatic rings. The summed E-state index contributed by atoms with van der Waals surface area (Å²) in [7, 11) is 0. The van der Waals surface area contributed by atoms with Crippen LogP contribution in [0.4, 0.5) is 18.9 Å². The molecule has 1 amide bonds. The molecule has 7 heteroatoms. The largest absolute Gasteiger partial charge is 0.511 e. The van der Waals surface area contributed by atoms with Crippen molar-refractivity contribution in [2.24, 2.45) is 0 Å². The van der Waals surface area contributed by atoms with Crippen molar-refractivity contribution in [3.05, 3.63) is 40.4 Å². The number of hydrogen-bond donors (Lipinski definition) is 2. The molecule has 0 aromatic heterocycles.